The zero-order valence-electron chi connectivity index (χ0n) is 58.4. The highest BCUT2D eigenvalue weighted by atomic mass is 35.5. The summed E-state index contributed by atoms with van der Waals surface area (Å²) in [6.45, 7) is 5.80. The minimum atomic E-state index is -4.18. The van der Waals surface area contributed by atoms with Crippen LogP contribution in [0.15, 0.2) is 228 Å². The highest BCUT2D eigenvalue weighted by Gasteiger charge is 2.45. The standard InChI is InChI=1S/C39H44N4O7S.C30H36N4O5S.C9H9ClO2/c1-48-35-19-18-33(26-36(35)49-2)51(46,47)43-25-24-42(37(44)29-50-28-30-12-6-3-7-13-30)27-34(43)39(45)41-22-20-40(21-23-41)38(31-14-8-4-9-15-31)32-16-10-5-11-17-32;1-38-27-14-13-25(21-28(27)39-2)40(36,37)34-16-15-31-22-26(34)30(35)33-19-17-32(18-20-33)29(23-9-5-3-6-10-23)24-11-7-4-8-12-24;10-9(11)7-12-6-8-4-2-1-3-5-8/h3-19,26,34,38H,20-25,27-29H2,1-2H3;3-14,21,26,29,31H,15-20,22H2,1-2H3;1-5H,6-7H2. The van der Waals surface area contributed by atoms with Gasteiger partial charge in [0.2, 0.25) is 43.0 Å². The van der Waals surface area contributed by atoms with Crippen molar-refractivity contribution in [1.82, 2.24) is 38.4 Å². The van der Waals surface area contributed by atoms with E-state index in [9.17, 15) is 36.0 Å². The average molecular weight is 1460 g/mol. The number of nitrogens with one attached hydrogen (secondary N) is 1. The largest absolute Gasteiger partial charge is 0.493 e. The monoisotopic (exact) mass is 1460 g/mol. The summed E-state index contributed by atoms with van der Waals surface area (Å²) in [4.78, 5) is 61.7. The van der Waals surface area contributed by atoms with Gasteiger partial charge in [0.25, 0.3) is 0 Å². The van der Waals surface area contributed by atoms with E-state index in [0.717, 1.165) is 22.3 Å². The summed E-state index contributed by atoms with van der Waals surface area (Å²) in [7, 11) is -2.26. The van der Waals surface area contributed by atoms with E-state index in [1.807, 2.05) is 109 Å². The van der Waals surface area contributed by atoms with Crippen molar-refractivity contribution < 1.29 is 64.4 Å². The van der Waals surface area contributed by atoms with Gasteiger partial charge in [0.05, 0.1) is 63.5 Å². The maximum atomic E-state index is 14.4. The number of nitrogens with zero attached hydrogens (tertiary/aromatic N) is 7. The van der Waals surface area contributed by atoms with E-state index in [2.05, 4.69) is 87.9 Å². The molecule has 544 valence electrons. The minimum Gasteiger partial charge on any atom is -0.493 e. The predicted molar refractivity (Wildman–Crippen MR) is 393 cm³/mol. The summed E-state index contributed by atoms with van der Waals surface area (Å²) in [5, 5.41) is 2.74. The van der Waals surface area contributed by atoms with Gasteiger partial charge in [0.1, 0.15) is 25.3 Å². The summed E-state index contributed by atoms with van der Waals surface area (Å²) in [6, 6.07) is 67.5. The predicted octanol–water partition coefficient (Wildman–Crippen LogP) is 8.62. The van der Waals surface area contributed by atoms with Crippen LogP contribution in [-0.2, 0) is 61.9 Å². The number of benzene rings is 8. The zero-order chi connectivity index (χ0) is 72.7. The summed E-state index contributed by atoms with van der Waals surface area (Å²) < 4.78 is 90.5. The highest BCUT2D eigenvalue weighted by Crippen LogP contribution is 2.36. The second kappa shape index (κ2) is 37.4. The van der Waals surface area contributed by atoms with Gasteiger partial charge >= 0.3 is 0 Å². The molecule has 8 aromatic carbocycles. The quantitative estimate of drug-likeness (QED) is 0.0559. The van der Waals surface area contributed by atoms with Crippen LogP contribution in [0.2, 0.25) is 0 Å². The van der Waals surface area contributed by atoms with Gasteiger partial charge in [-0.2, -0.15) is 8.61 Å². The van der Waals surface area contributed by atoms with E-state index in [1.54, 1.807) is 15.9 Å². The Kier molecular flexibility index (Phi) is 27.8. The molecule has 2 atom stereocenters. The molecule has 0 aliphatic carbocycles. The topological polar surface area (TPSA) is 227 Å². The molecule has 22 nitrogen and oxygen atoms in total. The molecule has 0 saturated carbocycles. The Morgan fingerprint density at radius 2 is 0.767 bits per heavy atom. The first-order chi connectivity index (χ1) is 50.0. The Bertz CT molecular complexity index is 4190. The highest BCUT2D eigenvalue weighted by molar-refractivity contribution is 7.89. The third kappa shape index (κ3) is 19.8. The lowest BCUT2D eigenvalue weighted by molar-refractivity contribution is -0.145. The second-order valence-corrected chi connectivity index (χ2v) is 29.0. The number of carbonyl (C=O) groups excluding carboxylic acids is 4. The van der Waals surface area contributed by atoms with Gasteiger partial charge in [0.15, 0.2) is 23.0 Å². The fourth-order valence-electron chi connectivity index (χ4n) is 13.2. The number of hydrogen-bond acceptors (Lipinski definition) is 17. The van der Waals surface area contributed by atoms with Gasteiger partial charge in [-0.15, -0.1) is 0 Å². The number of carbonyl (C=O) groups is 4. The van der Waals surface area contributed by atoms with Crippen LogP contribution < -0.4 is 24.3 Å². The first-order valence-corrected chi connectivity index (χ1v) is 37.4. The van der Waals surface area contributed by atoms with Crippen molar-refractivity contribution in [3.63, 3.8) is 0 Å². The first-order valence-electron chi connectivity index (χ1n) is 34.2. The van der Waals surface area contributed by atoms with Gasteiger partial charge in [-0.3, -0.25) is 29.0 Å². The van der Waals surface area contributed by atoms with Crippen molar-refractivity contribution in [2.45, 2.75) is 47.2 Å². The molecular weight excluding hydrogens is 1370 g/mol. The maximum Gasteiger partial charge on any atom is 0.248 e. The van der Waals surface area contributed by atoms with Crippen LogP contribution in [0.4, 0.5) is 0 Å². The van der Waals surface area contributed by atoms with E-state index < -0.39 is 37.4 Å². The molecule has 0 bridgehead atoms. The molecule has 3 amide bonds. The molecule has 1 N–H and O–H groups in total. The lowest BCUT2D eigenvalue weighted by atomic mass is 9.96. The lowest BCUT2D eigenvalue weighted by Crippen LogP contribution is -2.63. The molecule has 0 radical (unpaired) electrons. The van der Waals surface area contributed by atoms with Crippen LogP contribution in [-0.4, -0.2) is 218 Å². The SMILES string of the molecule is COc1ccc(S(=O)(=O)N2CCN(C(=O)COCc3ccccc3)CC2C(=O)N2CCN(C(c3ccccc3)c3ccccc3)CC2)cc1OC.COc1ccc(S(=O)(=O)N2CCNCC2C(=O)N2CCN(C(c3ccccc3)c3ccccc3)CC2)cc1OC.O=C(Cl)COCc1ccccc1. The van der Waals surface area contributed by atoms with Crippen molar-refractivity contribution >= 4 is 54.6 Å². The van der Waals surface area contributed by atoms with Gasteiger partial charge in [-0.25, -0.2) is 16.8 Å². The summed E-state index contributed by atoms with van der Waals surface area (Å²) in [5.41, 5.74) is 6.70. The zero-order valence-corrected chi connectivity index (χ0v) is 60.8. The molecule has 4 aliphatic rings. The van der Waals surface area contributed by atoms with Gasteiger partial charge in [0, 0.05) is 104 Å². The minimum absolute atomic E-state index is 0.00487. The van der Waals surface area contributed by atoms with Crippen molar-refractivity contribution in [1.29, 1.82) is 0 Å². The van der Waals surface area contributed by atoms with Crippen molar-refractivity contribution in [3.05, 3.63) is 252 Å². The third-order valence-electron chi connectivity index (χ3n) is 18.5. The van der Waals surface area contributed by atoms with E-state index in [1.165, 1.54) is 83.4 Å². The number of methoxy groups -OCH3 is 4. The summed E-state index contributed by atoms with van der Waals surface area (Å²) >= 11 is 5.08. The molecule has 12 rings (SSSR count). The Labute approximate surface area is 609 Å². The lowest BCUT2D eigenvalue weighted by Gasteiger charge is -2.44. The van der Waals surface area contributed by atoms with Crippen molar-refractivity contribution in [2.24, 2.45) is 0 Å². The Morgan fingerprint density at radius 1 is 0.417 bits per heavy atom. The van der Waals surface area contributed by atoms with E-state index in [4.69, 9.17) is 40.0 Å². The molecule has 0 spiro atoms. The van der Waals surface area contributed by atoms with Crippen molar-refractivity contribution in [3.8, 4) is 23.0 Å². The average Bonchev–Trinajstić information content (AvgIpc) is 0.773. The summed E-state index contributed by atoms with van der Waals surface area (Å²) in [6.07, 6.45) is 0. The molecular formula is C78H89ClN8O14S2. The van der Waals surface area contributed by atoms with Crippen LogP contribution in [0.25, 0.3) is 0 Å². The van der Waals surface area contributed by atoms with Crippen molar-refractivity contribution in [2.75, 3.05) is 133 Å². The van der Waals surface area contributed by atoms with E-state index in [-0.39, 0.29) is 97.9 Å². The maximum absolute atomic E-state index is 14.4. The van der Waals surface area contributed by atoms with Gasteiger partial charge in [-0.05, 0) is 69.2 Å². The van der Waals surface area contributed by atoms with Crippen LogP contribution in [0.1, 0.15) is 45.5 Å². The molecule has 103 heavy (non-hydrogen) atoms. The Morgan fingerprint density at radius 3 is 1.15 bits per heavy atom. The number of piperazine rings is 4. The number of amides is 3. The second-order valence-electron chi connectivity index (χ2n) is 24.8. The summed E-state index contributed by atoms with van der Waals surface area (Å²) in [5.74, 6) is 0.598. The normalized spacial score (nSPS) is 17.1. The molecule has 4 heterocycles. The number of sulfonamides is 2. The Balaban J connectivity index is 0.000000194. The van der Waals surface area contributed by atoms with E-state index >= 15 is 0 Å². The van der Waals surface area contributed by atoms with Crippen LogP contribution in [0.3, 0.4) is 0 Å². The molecule has 4 aliphatic heterocycles. The van der Waals surface area contributed by atoms with Crippen LogP contribution in [0, 0.1) is 0 Å². The molecule has 8 aromatic rings. The smallest absolute Gasteiger partial charge is 0.248 e. The fraction of sp³-hybridized carbons (Fsp3) is 0.333. The molecule has 25 heteroatoms. The number of rotatable bonds is 24. The van der Waals surface area contributed by atoms with Gasteiger partial charge in [-0.1, -0.05) is 182 Å². The number of halogens is 1. The molecule has 0 aromatic heterocycles. The molecule has 4 fully saturated rings. The fourth-order valence-corrected chi connectivity index (χ4v) is 16.5. The molecule has 4 saturated heterocycles. The third-order valence-corrected chi connectivity index (χ3v) is 22.4. The number of hydrogen-bond donors (Lipinski definition) is 1. The van der Waals surface area contributed by atoms with Gasteiger partial charge < -0.3 is 48.4 Å². The molecule has 2 unspecified atom stereocenters. The Hall–Kier alpha value is -9.05. The van der Waals surface area contributed by atoms with Crippen LogP contribution in [0.5, 0.6) is 23.0 Å². The van der Waals surface area contributed by atoms with Crippen LogP contribution >= 0.6 is 11.6 Å². The van der Waals surface area contributed by atoms with E-state index in [0.29, 0.717) is 82.8 Å². The first kappa shape index (κ1) is 76.6. The number of ether oxygens (including phenoxy) is 6.